The van der Waals surface area contributed by atoms with Gasteiger partial charge in [-0.1, -0.05) is 30.3 Å². The molecule has 2 rings (SSSR count). The minimum atomic E-state index is -0.0545. The molecule has 3 nitrogen and oxygen atoms in total. The molecular weight excluding hydrogens is 292 g/mol. The third-order valence-corrected chi connectivity index (χ3v) is 4.26. The number of thiophene rings is 1. The molecular formula is C18H23N2OS+. The van der Waals surface area contributed by atoms with E-state index in [4.69, 9.17) is 0 Å². The highest BCUT2D eigenvalue weighted by molar-refractivity contribution is 7.12. The molecule has 1 aromatic carbocycles. The van der Waals surface area contributed by atoms with E-state index in [0.717, 1.165) is 17.0 Å². The summed E-state index contributed by atoms with van der Waals surface area (Å²) in [7, 11) is 4.18. The number of quaternary nitrogens is 1. The lowest BCUT2D eigenvalue weighted by atomic mass is 10.1. The van der Waals surface area contributed by atoms with Crippen molar-refractivity contribution in [2.75, 3.05) is 20.6 Å². The summed E-state index contributed by atoms with van der Waals surface area (Å²) in [4.78, 5) is 15.8. The molecule has 0 unspecified atom stereocenters. The van der Waals surface area contributed by atoms with Crippen LogP contribution in [-0.2, 0) is 4.79 Å². The Labute approximate surface area is 136 Å². The number of rotatable bonds is 6. The van der Waals surface area contributed by atoms with Gasteiger partial charge in [0.05, 0.1) is 14.1 Å². The molecule has 0 fully saturated rings. The number of likely N-dealkylation sites (N-methyl/N-ethyl adjacent to an activating group) is 1. The van der Waals surface area contributed by atoms with Crippen LogP contribution in [0.3, 0.4) is 0 Å². The summed E-state index contributed by atoms with van der Waals surface area (Å²) in [5.41, 5.74) is 1.14. The summed E-state index contributed by atoms with van der Waals surface area (Å²) < 4.78 is 0. The van der Waals surface area contributed by atoms with Crippen LogP contribution < -0.4 is 10.2 Å². The van der Waals surface area contributed by atoms with Gasteiger partial charge in [0, 0.05) is 15.8 Å². The normalized spacial score (nSPS) is 12.7. The van der Waals surface area contributed by atoms with Gasteiger partial charge in [-0.2, -0.15) is 0 Å². The molecule has 1 aromatic heterocycles. The van der Waals surface area contributed by atoms with E-state index in [2.05, 4.69) is 44.5 Å². The van der Waals surface area contributed by atoms with Crippen molar-refractivity contribution < 1.29 is 9.69 Å². The van der Waals surface area contributed by atoms with Crippen molar-refractivity contribution >= 4 is 23.3 Å². The molecule has 1 atom stereocenters. The molecule has 0 saturated heterocycles. The maximum Gasteiger partial charge on any atom is 0.244 e. The lowest BCUT2D eigenvalue weighted by molar-refractivity contribution is -0.860. The van der Waals surface area contributed by atoms with E-state index >= 15 is 0 Å². The number of carbonyl (C=O) groups excluding carboxylic acids is 1. The van der Waals surface area contributed by atoms with Crippen LogP contribution in [0, 0.1) is 6.92 Å². The number of amides is 1. The molecule has 0 aliphatic carbocycles. The Kier molecular flexibility index (Phi) is 5.92. The van der Waals surface area contributed by atoms with Crippen molar-refractivity contribution in [2.24, 2.45) is 0 Å². The van der Waals surface area contributed by atoms with Crippen LogP contribution in [0.1, 0.15) is 21.4 Å². The fourth-order valence-electron chi connectivity index (χ4n) is 2.27. The Hall–Kier alpha value is -1.91. The van der Waals surface area contributed by atoms with Crippen molar-refractivity contribution in [1.82, 2.24) is 5.32 Å². The second-order valence-corrected chi connectivity index (χ2v) is 6.98. The van der Waals surface area contributed by atoms with Gasteiger partial charge in [-0.05, 0) is 30.7 Å². The zero-order chi connectivity index (χ0) is 15.9. The molecule has 1 amide bonds. The number of nitrogens with one attached hydrogen (secondary N) is 2. The summed E-state index contributed by atoms with van der Waals surface area (Å²) in [5.74, 6) is -0.0545. The van der Waals surface area contributed by atoms with Gasteiger partial charge >= 0.3 is 0 Å². The van der Waals surface area contributed by atoms with E-state index in [-0.39, 0.29) is 11.9 Å². The monoisotopic (exact) mass is 315 g/mol. The number of hydrogen-bond donors (Lipinski definition) is 2. The van der Waals surface area contributed by atoms with Gasteiger partial charge < -0.3 is 10.2 Å². The van der Waals surface area contributed by atoms with E-state index in [1.54, 1.807) is 17.4 Å². The molecule has 4 heteroatoms. The van der Waals surface area contributed by atoms with Gasteiger partial charge in [0.2, 0.25) is 5.91 Å². The Bertz CT molecular complexity index is 632. The van der Waals surface area contributed by atoms with E-state index in [9.17, 15) is 4.79 Å². The Morgan fingerprint density at radius 2 is 1.95 bits per heavy atom. The zero-order valence-electron chi connectivity index (χ0n) is 13.3. The predicted octanol–water partition coefficient (Wildman–Crippen LogP) is 2.07. The highest BCUT2D eigenvalue weighted by Crippen LogP contribution is 2.16. The molecule has 0 bridgehead atoms. The van der Waals surface area contributed by atoms with Crippen molar-refractivity contribution in [3.8, 4) is 0 Å². The molecule has 2 N–H and O–H groups in total. The lowest BCUT2D eigenvalue weighted by Crippen LogP contribution is -3.06. The molecule has 0 saturated carbocycles. The third kappa shape index (κ3) is 5.13. The zero-order valence-corrected chi connectivity index (χ0v) is 14.1. The van der Waals surface area contributed by atoms with Crippen LogP contribution >= 0.6 is 11.3 Å². The van der Waals surface area contributed by atoms with Gasteiger partial charge in [0.25, 0.3) is 0 Å². The highest BCUT2D eigenvalue weighted by Gasteiger charge is 2.16. The number of aryl methyl sites for hydroxylation is 1. The van der Waals surface area contributed by atoms with Crippen molar-refractivity contribution in [1.29, 1.82) is 0 Å². The molecule has 116 valence electrons. The Morgan fingerprint density at radius 1 is 1.23 bits per heavy atom. The SMILES string of the molecule is Cc1ccc(/C=C/C(=O)N[C@@H](C[NH+](C)C)c2ccccc2)s1. The Balaban J connectivity index is 2.03. The molecule has 0 radical (unpaired) electrons. The topological polar surface area (TPSA) is 33.5 Å². The van der Waals surface area contributed by atoms with Crippen molar-refractivity contribution in [3.05, 3.63) is 63.9 Å². The summed E-state index contributed by atoms with van der Waals surface area (Å²) in [6.07, 6.45) is 3.49. The summed E-state index contributed by atoms with van der Waals surface area (Å²) in [5, 5.41) is 3.10. The number of benzene rings is 1. The third-order valence-electron chi connectivity index (χ3n) is 3.29. The fraction of sp³-hybridized carbons (Fsp3) is 0.278. The van der Waals surface area contributed by atoms with Gasteiger partial charge in [-0.25, -0.2) is 0 Å². The first-order valence-corrected chi connectivity index (χ1v) is 8.25. The molecule has 0 aliphatic heterocycles. The van der Waals surface area contributed by atoms with Crippen LogP contribution in [0.25, 0.3) is 6.08 Å². The average molecular weight is 315 g/mol. The van der Waals surface area contributed by atoms with Gasteiger partial charge in [-0.15, -0.1) is 11.3 Å². The smallest absolute Gasteiger partial charge is 0.244 e. The van der Waals surface area contributed by atoms with Crippen LogP contribution in [-0.4, -0.2) is 26.5 Å². The number of carbonyl (C=O) groups is 1. The molecule has 22 heavy (non-hydrogen) atoms. The standard InChI is InChI=1S/C18H22N2OS/c1-14-9-10-16(22-14)11-12-18(21)19-17(13-20(2)3)15-7-5-4-6-8-15/h4-12,17H,13H2,1-3H3,(H,19,21)/p+1/b12-11+/t17-/m0/s1. The Morgan fingerprint density at radius 3 is 2.55 bits per heavy atom. The molecule has 1 heterocycles. The first-order chi connectivity index (χ1) is 10.5. The van der Waals surface area contributed by atoms with E-state index in [1.165, 1.54) is 9.78 Å². The fourth-order valence-corrected chi connectivity index (χ4v) is 3.05. The maximum absolute atomic E-state index is 12.2. The average Bonchev–Trinajstić information content (AvgIpc) is 2.91. The molecule has 0 spiro atoms. The van der Waals surface area contributed by atoms with Crippen LogP contribution in [0.4, 0.5) is 0 Å². The van der Waals surface area contributed by atoms with Crippen molar-refractivity contribution in [2.45, 2.75) is 13.0 Å². The van der Waals surface area contributed by atoms with Crippen LogP contribution in [0.15, 0.2) is 48.5 Å². The number of hydrogen-bond acceptors (Lipinski definition) is 2. The van der Waals surface area contributed by atoms with Gasteiger partial charge in [-0.3, -0.25) is 4.79 Å². The quantitative estimate of drug-likeness (QED) is 0.786. The van der Waals surface area contributed by atoms with E-state index in [0.29, 0.717) is 0 Å². The highest BCUT2D eigenvalue weighted by atomic mass is 32.1. The van der Waals surface area contributed by atoms with Crippen LogP contribution in [0.2, 0.25) is 0 Å². The summed E-state index contributed by atoms with van der Waals surface area (Å²) in [6.45, 7) is 2.91. The van der Waals surface area contributed by atoms with Gasteiger partial charge in [0.1, 0.15) is 12.6 Å². The maximum atomic E-state index is 12.2. The minimum absolute atomic E-state index is 0.0217. The molecule has 2 aromatic rings. The van der Waals surface area contributed by atoms with Gasteiger partial charge in [0.15, 0.2) is 0 Å². The second kappa shape index (κ2) is 7.92. The predicted molar refractivity (Wildman–Crippen MR) is 93.1 cm³/mol. The minimum Gasteiger partial charge on any atom is -0.340 e. The largest absolute Gasteiger partial charge is 0.340 e. The first-order valence-electron chi connectivity index (χ1n) is 7.43. The second-order valence-electron chi connectivity index (χ2n) is 5.66. The van der Waals surface area contributed by atoms with E-state index in [1.807, 2.05) is 30.3 Å². The van der Waals surface area contributed by atoms with Crippen molar-refractivity contribution in [3.63, 3.8) is 0 Å². The molecule has 0 aliphatic rings. The summed E-state index contributed by atoms with van der Waals surface area (Å²) in [6, 6.07) is 14.2. The van der Waals surface area contributed by atoms with E-state index < -0.39 is 0 Å². The first kappa shape index (κ1) is 16.5. The lowest BCUT2D eigenvalue weighted by Gasteiger charge is -2.20. The summed E-state index contributed by atoms with van der Waals surface area (Å²) >= 11 is 1.68. The van der Waals surface area contributed by atoms with Crippen LogP contribution in [0.5, 0.6) is 0 Å².